The molecule has 0 radical (unpaired) electrons. The molecular formula is C21H14Cl2O3. The zero-order chi connectivity index (χ0) is 18.5. The van der Waals surface area contributed by atoms with Gasteiger partial charge in [-0.3, -0.25) is 4.79 Å². The molecule has 0 aromatic heterocycles. The van der Waals surface area contributed by atoms with E-state index in [1.807, 2.05) is 0 Å². The number of ketones is 1. The van der Waals surface area contributed by atoms with Crippen LogP contribution in [0.15, 0.2) is 78.9 Å². The molecule has 0 saturated heterocycles. The Kier molecular flexibility index (Phi) is 5.71. The van der Waals surface area contributed by atoms with E-state index in [1.165, 1.54) is 6.07 Å². The fourth-order valence-corrected chi connectivity index (χ4v) is 2.87. The molecule has 0 amide bonds. The molecule has 3 aromatic carbocycles. The van der Waals surface area contributed by atoms with Gasteiger partial charge in [-0.25, -0.2) is 4.79 Å². The molecule has 0 heterocycles. The Labute approximate surface area is 161 Å². The summed E-state index contributed by atoms with van der Waals surface area (Å²) in [5, 5.41) is 0.872. The second kappa shape index (κ2) is 8.17. The SMILES string of the molecule is O=C(OC(C(=O)c1cccc(Cl)c1)c1cccc(Cl)c1)c1ccccc1. The van der Waals surface area contributed by atoms with Gasteiger partial charge in [0.15, 0.2) is 6.10 Å². The van der Waals surface area contributed by atoms with Gasteiger partial charge in [-0.2, -0.15) is 0 Å². The van der Waals surface area contributed by atoms with Crippen molar-refractivity contribution in [2.75, 3.05) is 0 Å². The van der Waals surface area contributed by atoms with Gasteiger partial charge in [0, 0.05) is 21.2 Å². The topological polar surface area (TPSA) is 43.4 Å². The van der Waals surface area contributed by atoms with E-state index in [1.54, 1.807) is 72.8 Å². The monoisotopic (exact) mass is 384 g/mol. The average molecular weight is 385 g/mol. The van der Waals surface area contributed by atoms with Crippen molar-refractivity contribution < 1.29 is 14.3 Å². The molecule has 3 rings (SSSR count). The second-order valence-electron chi connectivity index (χ2n) is 5.58. The van der Waals surface area contributed by atoms with Crippen LogP contribution in [-0.4, -0.2) is 11.8 Å². The molecule has 0 aliphatic rings. The van der Waals surface area contributed by atoms with Gasteiger partial charge < -0.3 is 4.74 Å². The molecule has 0 N–H and O–H groups in total. The van der Waals surface area contributed by atoms with Crippen molar-refractivity contribution in [3.8, 4) is 0 Å². The quantitative estimate of drug-likeness (QED) is 0.413. The number of carbonyl (C=O) groups is 2. The highest BCUT2D eigenvalue weighted by Crippen LogP contribution is 2.27. The first-order valence-corrected chi connectivity index (χ1v) is 8.61. The summed E-state index contributed by atoms with van der Waals surface area (Å²) in [5.41, 5.74) is 1.20. The third-order valence-electron chi connectivity index (χ3n) is 3.73. The van der Waals surface area contributed by atoms with Crippen LogP contribution in [-0.2, 0) is 4.74 Å². The predicted octanol–water partition coefficient (Wildman–Crippen LogP) is 5.77. The van der Waals surface area contributed by atoms with Crippen LogP contribution < -0.4 is 0 Å². The molecule has 3 aromatic rings. The van der Waals surface area contributed by atoms with Gasteiger partial charge in [-0.1, -0.05) is 65.7 Å². The zero-order valence-electron chi connectivity index (χ0n) is 13.6. The van der Waals surface area contributed by atoms with Crippen molar-refractivity contribution in [2.45, 2.75) is 6.10 Å². The number of hydrogen-bond acceptors (Lipinski definition) is 3. The maximum Gasteiger partial charge on any atom is 0.339 e. The normalized spacial score (nSPS) is 11.6. The second-order valence-corrected chi connectivity index (χ2v) is 6.45. The number of rotatable bonds is 5. The standard InChI is InChI=1S/C21H14Cl2O3/c22-17-10-4-8-15(12-17)19(24)20(16-9-5-11-18(23)13-16)26-21(25)14-6-2-1-3-7-14/h1-13,20H. The summed E-state index contributed by atoms with van der Waals surface area (Å²) in [5.74, 6) is -0.968. The van der Waals surface area contributed by atoms with Gasteiger partial charge in [0.1, 0.15) is 0 Å². The first kappa shape index (κ1) is 18.2. The number of benzene rings is 3. The van der Waals surface area contributed by atoms with Gasteiger partial charge >= 0.3 is 5.97 Å². The lowest BCUT2D eigenvalue weighted by molar-refractivity contribution is 0.0280. The molecule has 0 saturated carbocycles. The van der Waals surface area contributed by atoms with E-state index < -0.39 is 12.1 Å². The molecule has 3 nitrogen and oxygen atoms in total. The van der Waals surface area contributed by atoms with Crippen LogP contribution in [0.5, 0.6) is 0 Å². The number of hydrogen-bond donors (Lipinski definition) is 0. The summed E-state index contributed by atoms with van der Waals surface area (Å²) in [6.07, 6.45) is -1.13. The van der Waals surface area contributed by atoms with E-state index >= 15 is 0 Å². The molecule has 1 atom stereocenters. The van der Waals surface area contributed by atoms with Crippen LogP contribution in [0.3, 0.4) is 0 Å². The number of ether oxygens (including phenoxy) is 1. The van der Waals surface area contributed by atoms with Crippen molar-refractivity contribution in [2.24, 2.45) is 0 Å². The summed E-state index contributed by atoms with van der Waals surface area (Å²) in [4.78, 5) is 25.5. The first-order chi connectivity index (χ1) is 12.5. The molecule has 0 fully saturated rings. The van der Waals surface area contributed by atoms with Gasteiger partial charge in [-0.15, -0.1) is 0 Å². The Hall–Kier alpha value is -2.62. The van der Waals surface area contributed by atoms with Crippen LogP contribution in [0.25, 0.3) is 0 Å². The summed E-state index contributed by atoms with van der Waals surface area (Å²) >= 11 is 12.0. The maximum absolute atomic E-state index is 13.0. The van der Waals surface area contributed by atoms with Crippen LogP contribution in [0.2, 0.25) is 10.0 Å². The van der Waals surface area contributed by atoms with E-state index in [2.05, 4.69) is 0 Å². The molecule has 130 valence electrons. The number of halogens is 2. The third-order valence-corrected chi connectivity index (χ3v) is 4.20. The number of Topliss-reactive ketones (excluding diaryl/α,β-unsaturated/α-hetero) is 1. The van der Waals surface area contributed by atoms with Gasteiger partial charge in [0.25, 0.3) is 0 Å². The van der Waals surface area contributed by atoms with E-state index in [0.717, 1.165) is 0 Å². The van der Waals surface area contributed by atoms with Crippen LogP contribution in [0, 0.1) is 0 Å². The lowest BCUT2D eigenvalue weighted by Crippen LogP contribution is -2.20. The van der Waals surface area contributed by atoms with Crippen LogP contribution in [0.4, 0.5) is 0 Å². The molecule has 5 heteroatoms. The zero-order valence-corrected chi connectivity index (χ0v) is 15.1. The van der Waals surface area contributed by atoms with E-state index in [4.69, 9.17) is 27.9 Å². The van der Waals surface area contributed by atoms with Gasteiger partial charge in [0.2, 0.25) is 5.78 Å². The highest BCUT2D eigenvalue weighted by atomic mass is 35.5. The Morgan fingerprint density at radius 1 is 0.731 bits per heavy atom. The largest absolute Gasteiger partial charge is 0.445 e. The molecule has 1 unspecified atom stereocenters. The van der Waals surface area contributed by atoms with Gasteiger partial charge in [-0.05, 0) is 36.4 Å². The summed E-state index contributed by atoms with van der Waals surface area (Å²) in [7, 11) is 0. The van der Waals surface area contributed by atoms with E-state index in [-0.39, 0.29) is 5.78 Å². The Morgan fingerprint density at radius 2 is 1.35 bits per heavy atom. The lowest BCUT2D eigenvalue weighted by Gasteiger charge is -2.18. The Balaban J connectivity index is 1.96. The van der Waals surface area contributed by atoms with Crippen molar-refractivity contribution in [1.82, 2.24) is 0 Å². The fraction of sp³-hybridized carbons (Fsp3) is 0.0476. The van der Waals surface area contributed by atoms with Crippen molar-refractivity contribution in [3.05, 3.63) is 106 Å². The third kappa shape index (κ3) is 4.31. The predicted molar refractivity (Wildman–Crippen MR) is 102 cm³/mol. The summed E-state index contributed by atoms with van der Waals surface area (Å²) in [6, 6.07) is 21.7. The molecule has 0 aliphatic heterocycles. The molecule has 0 bridgehead atoms. The smallest absolute Gasteiger partial charge is 0.339 e. The maximum atomic E-state index is 13.0. The lowest BCUT2D eigenvalue weighted by atomic mass is 9.99. The van der Waals surface area contributed by atoms with Crippen molar-refractivity contribution >= 4 is 35.0 Å². The molecule has 0 aliphatic carbocycles. The first-order valence-electron chi connectivity index (χ1n) is 7.86. The minimum atomic E-state index is -1.13. The summed E-state index contributed by atoms with van der Waals surface area (Å²) in [6.45, 7) is 0. The molecular weight excluding hydrogens is 371 g/mol. The average Bonchev–Trinajstić information content (AvgIpc) is 2.66. The van der Waals surface area contributed by atoms with Crippen LogP contribution >= 0.6 is 23.2 Å². The Bertz CT molecular complexity index is 939. The van der Waals surface area contributed by atoms with Crippen molar-refractivity contribution in [3.63, 3.8) is 0 Å². The minimum absolute atomic E-state index is 0.350. The minimum Gasteiger partial charge on any atom is -0.445 e. The number of esters is 1. The van der Waals surface area contributed by atoms with Crippen molar-refractivity contribution in [1.29, 1.82) is 0 Å². The van der Waals surface area contributed by atoms with Crippen LogP contribution in [0.1, 0.15) is 32.4 Å². The number of carbonyl (C=O) groups excluding carboxylic acids is 2. The highest BCUT2D eigenvalue weighted by Gasteiger charge is 2.27. The molecule has 26 heavy (non-hydrogen) atoms. The van der Waals surface area contributed by atoms with Gasteiger partial charge in [0.05, 0.1) is 5.56 Å². The van der Waals surface area contributed by atoms with E-state index in [0.29, 0.717) is 26.7 Å². The molecule has 0 spiro atoms. The summed E-state index contributed by atoms with van der Waals surface area (Å²) < 4.78 is 5.54. The fourth-order valence-electron chi connectivity index (χ4n) is 2.49. The van der Waals surface area contributed by atoms with E-state index in [9.17, 15) is 9.59 Å². The Morgan fingerprint density at radius 3 is 2.00 bits per heavy atom. The highest BCUT2D eigenvalue weighted by molar-refractivity contribution is 6.31.